The first-order chi connectivity index (χ1) is 11.9. The lowest BCUT2D eigenvalue weighted by Gasteiger charge is -2.34. The number of rotatable bonds is 2. The van der Waals surface area contributed by atoms with E-state index in [1.807, 2.05) is 6.07 Å². The largest absolute Gasteiger partial charge is 0.485 e. The first kappa shape index (κ1) is 16.8. The van der Waals surface area contributed by atoms with Crippen LogP contribution in [0.15, 0.2) is 57.9 Å². The smallest absolute Gasteiger partial charge is 0.243 e. The number of fused-ring (bicyclic) bond motifs is 1. The number of Topliss-reactive ketones (excluding diaryl/α,β-unsaturated/α-hetero) is 1. The fourth-order valence-corrected chi connectivity index (χ4v) is 5.22. The van der Waals surface area contributed by atoms with E-state index >= 15 is 0 Å². The minimum Gasteiger partial charge on any atom is -0.485 e. The number of carbonyl (C=O) groups is 1. The number of nitrogens with zero attached hydrogens (tertiary/aromatic N) is 1. The van der Waals surface area contributed by atoms with Crippen molar-refractivity contribution >= 4 is 31.7 Å². The maximum Gasteiger partial charge on any atom is 0.243 e. The number of sulfonamides is 1. The third kappa shape index (κ3) is 2.90. The number of para-hydroxylation sites is 1. The van der Waals surface area contributed by atoms with Crippen LogP contribution in [0.1, 0.15) is 23.2 Å². The Morgan fingerprint density at radius 1 is 1.08 bits per heavy atom. The van der Waals surface area contributed by atoms with Crippen LogP contribution in [0.25, 0.3) is 0 Å². The molecule has 1 saturated heterocycles. The van der Waals surface area contributed by atoms with Crippen molar-refractivity contribution in [2.24, 2.45) is 0 Å². The summed E-state index contributed by atoms with van der Waals surface area (Å²) in [6.45, 7) is 0.527. The summed E-state index contributed by atoms with van der Waals surface area (Å²) in [6, 6.07) is 13.7. The Kier molecular flexibility index (Phi) is 3.97. The van der Waals surface area contributed by atoms with Crippen LogP contribution in [0, 0.1) is 0 Å². The molecule has 7 heteroatoms. The van der Waals surface area contributed by atoms with Crippen LogP contribution in [0.5, 0.6) is 5.75 Å². The molecule has 0 aliphatic carbocycles. The second-order valence-corrected chi connectivity index (χ2v) is 9.28. The summed E-state index contributed by atoms with van der Waals surface area (Å²) in [5, 5.41) is 0. The minimum absolute atomic E-state index is 0.00439. The molecule has 1 fully saturated rings. The van der Waals surface area contributed by atoms with Gasteiger partial charge in [-0.15, -0.1) is 0 Å². The molecule has 0 bridgehead atoms. The number of ketones is 1. The highest BCUT2D eigenvalue weighted by molar-refractivity contribution is 9.10. The van der Waals surface area contributed by atoms with Gasteiger partial charge in [-0.2, -0.15) is 4.31 Å². The highest BCUT2D eigenvalue weighted by atomic mass is 79.9. The van der Waals surface area contributed by atoms with Crippen LogP contribution in [0.4, 0.5) is 0 Å². The molecule has 2 aliphatic rings. The Morgan fingerprint density at radius 2 is 1.80 bits per heavy atom. The molecule has 1 spiro atoms. The van der Waals surface area contributed by atoms with Gasteiger partial charge in [0.15, 0.2) is 5.78 Å². The van der Waals surface area contributed by atoms with E-state index in [1.165, 1.54) is 4.31 Å². The van der Waals surface area contributed by atoms with Gasteiger partial charge in [-0.05, 0) is 36.4 Å². The van der Waals surface area contributed by atoms with Crippen LogP contribution in [0.2, 0.25) is 0 Å². The SMILES string of the molecule is O=C1CC2(CCN(S(=O)(=O)c3ccc(Br)cc3)C2)Oc2ccccc21. The number of benzene rings is 2. The molecule has 0 amide bonds. The Labute approximate surface area is 154 Å². The Balaban J connectivity index is 1.61. The predicted molar refractivity (Wildman–Crippen MR) is 96.3 cm³/mol. The van der Waals surface area contributed by atoms with Gasteiger partial charge in [-0.1, -0.05) is 28.1 Å². The first-order valence-electron chi connectivity index (χ1n) is 7.97. The molecule has 2 aliphatic heterocycles. The van der Waals surface area contributed by atoms with Crippen molar-refractivity contribution in [1.29, 1.82) is 0 Å². The molecule has 0 aromatic heterocycles. The molecule has 130 valence electrons. The molecule has 1 unspecified atom stereocenters. The van der Waals surface area contributed by atoms with Gasteiger partial charge in [0.2, 0.25) is 10.0 Å². The summed E-state index contributed by atoms with van der Waals surface area (Å²) in [7, 11) is -3.60. The van der Waals surface area contributed by atoms with Gasteiger partial charge >= 0.3 is 0 Å². The van der Waals surface area contributed by atoms with E-state index < -0.39 is 15.6 Å². The molecule has 2 aromatic carbocycles. The molecule has 2 heterocycles. The normalized spacial score (nSPS) is 23.5. The summed E-state index contributed by atoms with van der Waals surface area (Å²) in [5.74, 6) is 0.548. The Morgan fingerprint density at radius 3 is 2.56 bits per heavy atom. The average Bonchev–Trinajstić information content (AvgIpc) is 2.99. The minimum atomic E-state index is -3.60. The fourth-order valence-electron chi connectivity index (χ4n) is 3.44. The highest BCUT2D eigenvalue weighted by Gasteiger charge is 2.48. The molecular weight excluding hydrogens is 406 g/mol. The number of hydrogen-bond acceptors (Lipinski definition) is 4. The van der Waals surface area contributed by atoms with Crippen molar-refractivity contribution in [3.05, 3.63) is 58.6 Å². The maximum atomic E-state index is 12.9. The third-order valence-corrected chi connectivity index (χ3v) is 7.12. The van der Waals surface area contributed by atoms with E-state index in [0.29, 0.717) is 24.3 Å². The monoisotopic (exact) mass is 421 g/mol. The predicted octanol–water partition coefficient (Wildman–Crippen LogP) is 3.25. The van der Waals surface area contributed by atoms with Crippen LogP contribution in [-0.2, 0) is 10.0 Å². The molecule has 5 nitrogen and oxygen atoms in total. The summed E-state index contributed by atoms with van der Waals surface area (Å²) in [6.07, 6.45) is 0.708. The van der Waals surface area contributed by atoms with Gasteiger partial charge in [-0.25, -0.2) is 8.42 Å². The van der Waals surface area contributed by atoms with E-state index in [1.54, 1.807) is 42.5 Å². The molecule has 0 radical (unpaired) electrons. The second-order valence-electron chi connectivity index (χ2n) is 6.42. The lowest BCUT2D eigenvalue weighted by molar-refractivity contribution is 0.0498. The second kappa shape index (κ2) is 5.93. The Bertz CT molecular complexity index is 942. The van der Waals surface area contributed by atoms with Crippen LogP contribution in [-0.4, -0.2) is 37.2 Å². The van der Waals surface area contributed by atoms with E-state index in [2.05, 4.69) is 15.9 Å². The summed E-state index contributed by atoms with van der Waals surface area (Å²) in [5.41, 5.74) is -0.198. The maximum absolute atomic E-state index is 12.9. The lowest BCUT2D eigenvalue weighted by Crippen LogP contribution is -2.45. The van der Waals surface area contributed by atoms with Crippen molar-refractivity contribution in [2.45, 2.75) is 23.3 Å². The highest BCUT2D eigenvalue weighted by Crippen LogP contribution is 2.40. The molecule has 25 heavy (non-hydrogen) atoms. The number of halogens is 1. The van der Waals surface area contributed by atoms with Gasteiger partial charge in [0.1, 0.15) is 11.4 Å². The number of carbonyl (C=O) groups excluding carboxylic acids is 1. The molecular formula is C18H16BrNO4S. The van der Waals surface area contributed by atoms with E-state index in [-0.39, 0.29) is 23.6 Å². The van der Waals surface area contributed by atoms with Crippen molar-refractivity contribution in [3.8, 4) is 5.75 Å². The molecule has 0 N–H and O–H groups in total. The van der Waals surface area contributed by atoms with Crippen molar-refractivity contribution in [3.63, 3.8) is 0 Å². The van der Waals surface area contributed by atoms with Gasteiger partial charge in [0.25, 0.3) is 0 Å². The fraction of sp³-hybridized carbons (Fsp3) is 0.278. The van der Waals surface area contributed by atoms with Gasteiger partial charge < -0.3 is 4.74 Å². The third-order valence-electron chi connectivity index (χ3n) is 4.73. The first-order valence-corrected chi connectivity index (χ1v) is 10.2. The van der Waals surface area contributed by atoms with Gasteiger partial charge in [0.05, 0.1) is 23.4 Å². The summed E-state index contributed by atoms with van der Waals surface area (Å²) >= 11 is 3.31. The Hall–Kier alpha value is -1.70. The number of hydrogen-bond donors (Lipinski definition) is 0. The van der Waals surface area contributed by atoms with Crippen LogP contribution < -0.4 is 4.74 Å². The van der Waals surface area contributed by atoms with Gasteiger partial charge in [-0.3, -0.25) is 4.79 Å². The molecule has 0 saturated carbocycles. The van der Waals surface area contributed by atoms with Crippen LogP contribution in [0.3, 0.4) is 0 Å². The zero-order chi connectivity index (χ0) is 17.7. The zero-order valence-electron chi connectivity index (χ0n) is 13.3. The number of ether oxygens (including phenoxy) is 1. The van der Waals surface area contributed by atoms with E-state index in [4.69, 9.17) is 4.74 Å². The van der Waals surface area contributed by atoms with Crippen LogP contribution >= 0.6 is 15.9 Å². The van der Waals surface area contributed by atoms with Crippen molar-refractivity contribution < 1.29 is 17.9 Å². The molecule has 1 atom stereocenters. The zero-order valence-corrected chi connectivity index (χ0v) is 15.7. The summed E-state index contributed by atoms with van der Waals surface area (Å²) < 4.78 is 34.1. The van der Waals surface area contributed by atoms with Gasteiger partial charge in [0, 0.05) is 17.4 Å². The lowest BCUT2D eigenvalue weighted by atomic mass is 9.89. The quantitative estimate of drug-likeness (QED) is 0.746. The standard InChI is InChI=1S/C18H16BrNO4S/c19-13-5-7-14(8-6-13)25(22,23)20-10-9-18(12-20)11-16(21)15-3-1-2-4-17(15)24-18/h1-8H,9-12H2. The van der Waals surface area contributed by atoms with E-state index in [9.17, 15) is 13.2 Å². The topological polar surface area (TPSA) is 63.7 Å². The summed E-state index contributed by atoms with van der Waals surface area (Å²) in [4.78, 5) is 12.7. The van der Waals surface area contributed by atoms with Crippen molar-refractivity contribution in [1.82, 2.24) is 4.31 Å². The average molecular weight is 422 g/mol. The molecule has 4 rings (SSSR count). The van der Waals surface area contributed by atoms with E-state index in [0.717, 1.165) is 4.47 Å². The molecule has 2 aromatic rings. The van der Waals surface area contributed by atoms with Crippen molar-refractivity contribution in [2.75, 3.05) is 13.1 Å².